The van der Waals surface area contributed by atoms with Crippen LogP contribution in [0, 0.1) is 0 Å². The first kappa shape index (κ1) is 6.86. The van der Waals surface area contributed by atoms with E-state index in [0.717, 1.165) is 0 Å². The maximum absolute atomic E-state index is 10.6. The third-order valence-corrected chi connectivity index (χ3v) is 1.16. The molecule has 0 unspecified atom stereocenters. The van der Waals surface area contributed by atoms with Crippen molar-refractivity contribution in [2.45, 2.75) is 6.92 Å². The molecule has 54 valence electrons. The van der Waals surface area contributed by atoms with Crippen LogP contribution in [-0.2, 0) is 0 Å². The van der Waals surface area contributed by atoms with Crippen LogP contribution in [0.15, 0.2) is 16.7 Å². The van der Waals surface area contributed by atoms with E-state index in [1.807, 2.05) is 0 Å². The molecule has 0 aromatic carbocycles. The number of carbonyl (C=O) groups excluding carboxylic acids is 1. The molecule has 1 heterocycles. The van der Waals surface area contributed by atoms with Crippen LogP contribution in [0.2, 0.25) is 0 Å². The van der Waals surface area contributed by atoms with Crippen molar-refractivity contribution in [2.75, 3.05) is 7.11 Å². The summed E-state index contributed by atoms with van der Waals surface area (Å²) in [6.45, 7) is 1.44. The molecular formula is C7H8O3. The fourth-order valence-corrected chi connectivity index (χ4v) is 0.610. The van der Waals surface area contributed by atoms with E-state index >= 15 is 0 Å². The van der Waals surface area contributed by atoms with Crippen molar-refractivity contribution in [2.24, 2.45) is 0 Å². The zero-order valence-corrected chi connectivity index (χ0v) is 5.88. The summed E-state index contributed by atoms with van der Waals surface area (Å²) in [7, 11) is 1.52. The SMILES string of the molecule is COc1coc(C(C)=O)c1. The van der Waals surface area contributed by atoms with Gasteiger partial charge in [0.05, 0.1) is 7.11 Å². The molecule has 0 amide bonds. The van der Waals surface area contributed by atoms with E-state index < -0.39 is 0 Å². The number of ether oxygens (including phenoxy) is 1. The average molecular weight is 140 g/mol. The fourth-order valence-electron chi connectivity index (χ4n) is 0.610. The van der Waals surface area contributed by atoms with Gasteiger partial charge in [-0.1, -0.05) is 0 Å². The van der Waals surface area contributed by atoms with E-state index in [4.69, 9.17) is 9.15 Å². The van der Waals surface area contributed by atoms with Crippen molar-refractivity contribution in [3.05, 3.63) is 18.1 Å². The van der Waals surface area contributed by atoms with Crippen LogP contribution < -0.4 is 4.74 Å². The third-order valence-electron chi connectivity index (χ3n) is 1.16. The van der Waals surface area contributed by atoms with Gasteiger partial charge in [0.15, 0.2) is 17.3 Å². The summed E-state index contributed by atoms with van der Waals surface area (Å²) in [5, 5.41) is 0. The lowest BCUT2D eigenvalue weighted by atomic mass is 10.3. The average Bonchev–Trinajstić information content (AvgIpc) is 2.34. The highest BCUT2D eigenvalue weighted by Gasteiger charge is 2.04. The number of carbonyl (C=O) groups is 1. The summed E-state index contributed by atoms with van der Waals surface area (Å²) in [6, 6.07) is 1.56. The van der Waals surface area contributed by atoms with E-state index in [1.54, 1.807) is 6.07 Å². The Morgan fingerprint density at radius 1 is 1.70 bits per heavy atom. The number of furan rings is 1. The number of ketones is 1. The lowest BCUT2D eigenvalue weighted by Crippen LogP contribution is -1.86. The molecule has 0 saturated carbocycles. The molecule has 0 fully saturated rings. The first-order valence-electron chi connectivity index (χ1n) is 2.87. The van der Waals surface area contributed by atoms with Crippen LogP contribution in [0.5, 0.6) is 5.75 Å². The lowest BCUT2D eigenvalue weighted by molar-refractivity contribution is 0.0987. The van der Waals surface area contributed by atoms with E-state index in [2.05, 4.69) is 0 Å². The molecule has 0 N–H and O–H groups in total. The number of hydrogen-bond donors (Lipinski definition) is 0. The molecule has 0 aliphatic rings. The predicted octanol–water partition coefficient (Wildman–Crippen LogP) is 1.49. The maximum Gasteiger partial charge on any atom is 0.195 e. The zero-order valence-electron chi connectivity index (χ0n) is 5.88. The monoisotopic (exact) mass is 140 g/mol. The molecule has 0 radical (unpaired) electrons. The first-order chi connectivity index (χ1) is 4.74. The van der Waals surface area contributed by atoms with Gasteiger partial charge in [-0.15, -0.1) is 0 Å². The van der Waals surface area contributed by atoms with E-state index in [-0.39, 0.29) is 5.78 Å². The first-order valence-corrected chi connectivity index (χ1v) is 2.87. The highest BCUT2D eigenvalue weighted by Crippen LogP contribution is 2.14. The third kappa shape index (κ3) is 1.18. The van der Waals surface area contributed by atoms with Crippen molar-refractivity contribution < 1.29 is 13.9 Å². The maximum atomic E-state index is 10.6. The molecule has 0 aliphatic carbocycles. The molecule has 1 rings (SSSR count). The molecule has 0 bridgehead atoms. The summed E-state index contributed by atoms with van der Waals surface area (Å²) in [6.07, 6.45) is 1.40. The number of hydrogen-bond acceptors (Lipinski definition) is 3. The Morgan fingerprint density at radius 3 is 2.70 bits per heavy atom. The minimum atomic E-state index is -0.0942. The van der Waals surface area contributed by atoms with Crippen molar-refractivity contribution in [3.63, 3.8) is 0 Å². The van der Waals surface area contributed by atoms with Gasteiger partial charge in [-0.3, -0.25) is 4.79 Å². The molecule has 0 atom stereocenters. The minimum Gasteiger partial charge on any atom is -0.493 e. The standard InChI is InChI=1S/C7H8O3/c1-5(8)7-3-6(9-2)4-10-7/h3-4H,1-2H3. The highest BCUT2D eigenvalue weighted by atomic mass is 16.5. The van der Waals surface area contributed by atoms with Gasteiger partial charge in [0, 0.05) is 13.0 Å². The van der Waals surface area contributed by atoms with Gasteiger partial charge < -0.3 is 9.15 Å². The Kier molecular flexibility index (Phi) is 1.76. The second-order valence-corrected chi connectivity index (χ2v) is 1.91. The van der Waals surface area contributed by atoms with Crippen LogP contribution in [0.1, 0.15) is 17.5 Å². The van der Waals surface area contributed by atoms with Gasteiger partial charge in [-0.25, -0.2) is 0 Å². The summed E-state index contributed by atoms with van der Waals surface area (Å²) >= 11 is 0. The Balaban J connectivity index is 2.88. The number of Topliss-reactive ketones (excluding diaryl/α,β-unsaturated/α-hetero) is 1. The van der Waals surface area contributed by atoms with Crippen LogP contribution in [0.25, 0.3) is 0 Å². The second kappa shape index (κ2) is 2.56. The van der Waals surface area contributed by atoms with Crippen molar-refractivity contribution in [1.82, 2.24) is 0 Å². The summed E-state index contributed by atoms with van der Waals surface area (Å²) in [5.41, 5.74) is 0. The Labute approximate surface area is 58.6 Å². The highest BCUT2D eigenvalue weighted by molar-refractivity contribution is 5.91. The largest absolute Gasteiger partial charge is 0.493 e. The van der Waals surface area contributed by atoms with Crippen molar-refractivity contribution >= 4 is 5.78 Å². The molecule has 1 aromatic rings. The molecule has 3 nitrogen and oxygen atoms in total. The smallest absolute Gasteiger partial charge is 0.195 e. The Hall–Kier alpha value is -1.25. The summed E-state index contributed by atoms with van der Waals surface area (Å²) in [5.74, 6) is 0.811. The lowest BCUT2D eigenvalue weighted by Gasteiger charge is -1.86. The van der Waals surface area contributed by atoms with Crippen LogP contribution in [0.3, 0.4) is 0 Å². The van der Waals surface area contributed by atoms with Gasteiger partial charge in [0.1, 0.15) is 6.26 Å². The zero-order chi connectivity index (χ0) is 7.56. The fraction of sp³-hybridized carbons (Fsp3) is 0.286. The quantitative estimate of drug-likeness (QED) is 0.584. The van der Waals surface area contributed by atoms with Gasteiger partial charge >= 0.3 is 0 Å². The molecule has 0 spiro atoms. The molecule has 0 saturated heterocycles. The molecule has 1 aromatic heterocycles. The van der Waals surface area contributed by atoms with Crippen LogP contribution >= 0.6 is 0 Å². The van der Waals surface area contributed by atoms with E-state index in [1.165, 1.54) is 20.3 Å². The summed E-state index contributed by atoms with van der Waals surface area (Å²) in [4.78, 5) is 10.6. The Morgan fingerprint density at radius 2 is 2.40 bits per heavy atom. The van der Waals surface area contributed by atoms with Crippen molar-refractivity contribution in [3.8, 4) is 5.75 Å². The van der Waals surface area contributed by atoms with Gasteiger partial charge in [-0.05, 0) is 0 Å². The number of methoxy groups -OCH3 is 1. The van der Waals surface area contributed by atoms with Crippen LogP contribution in [-0.4, -0.2) is 12.9 Å². The van der Waals surface area contributed by atoms with Crippen LogP contribution in [0.4, 0.5) is 0 Å². The molecule has 3 heteroatoms. The van der Waals surface area contributed by atoms with Gasteiger partial charge in [-0.2, -0.15) is 0 Å². The topological polar surface area (TPSA) is 39.4 Å². The minimum absolute atomic E-state index is 0.0942. The molecule has 0 aliphatic heterocycles. The summed E-state index contributed by atoms with van der Waals surface area (Å²) < 4.78 is 9.64. The van der Waals surface area contributed by atoms with Crippen molar-refractivity contribution in [1.29, 1.82) is 0 Å². The second-order valence-electron chi connectivity index (χ2n) is 1.91. The van der Waals surface area contributed by atoms with E-state index in [9.17, 15) is 4.79 Å². The van der Waals surface area contributed by atoms with Gasteiger partial charge in [0.25, 0.3) is 0 Å². The Bertz CT molecular complexity index is 237. The van der Waals surface area contributed by atoms with E-state index in [0.29, 0.717) is 11.5 Å². The predicted molar refractivity (Wildman–Crippen MR) is 35.3 cm³/mol. The van der Waals surface area contributed by atoms with Gasteiger partial charge in [0.2, 0.25) is 0 Å². The normalized spacial score (nSPS) is 9.40. The molecular weight excluding hydrogens is 132 g/mol. The number of rotatable bonds is 2. The molecule has 10 heavy (non-hydrogen) atoms.